The Morgan fingerprint density at radius 3 is 2.50 bits per heavy atom. The quantitative estimate of drug-likeness (QED) is 0.807. The molecule has 1 heterocycles. The van der Waals surface area contributed by atoms with Gasteiger partial charge in [0.2, 0.25) is 0 Å². The standard InChI is InChI=1S/C18H23N3O3/c1-12-19-13(2)21(20-12)15-9-7-14(8-10-15)18(22)24-17-6-4-5-16(11-17)23-3/h7-10,16-17H,4-6,11H2,1-3H3. The number of rotatable bonds is 4. The van der Waals surface area contributed by atoms with Crippen molar-refractivity contribution in [3.63, 3.8) is 0 Å². The van der Waals surface area contributed by atoms with Crippen LogP contribution >= 0.6 is 0 Å². The third-order valence-corrected chi connectivity index (χ3v) is 4.41. The number of methoxy groups -OCH3 is 1. The van der Waals surface area contributed by atoms with E-state index in [1.807, 2.05) is 26.0 Å². The van der Waals surface area contributed by atoms with Crippen molar-refractivity contribution in [3.8, 4) is 5.69 Å². The Kier molecular flexibility index (Phi) is 4.94. The molecule has 0 bridgehead atoms. The highest BCUT2D eigenvalue weighted by Gasteiger charge is 2.25. The van der Waals surface area contributed by atoms with Crippen molar-refractivity contribution in [2.45, 2.75) is 51.7 Å². The molecular formula is C18H23N3O3. The van der Waals surface area contributed by atoms with Crippen LogP contribution in [0.25, 0.3) is 5.69 Å². The van der Waals surface area contributed by atoms with Gasteiger partial charge in [0.25, 0.3) is 0 Å². The Morgan fingerprint density at radius 2 is 1.88 bits per heavy atom. The summed E-state index contributed by atoms with van der Waals surface area (Å²) >= 11 is 0. The second-order valence-electron chi connectivity index (χ2n) is 6.22. The third-order valence-electron chi connectivity index (χ3n) is 4.41. The number of nitrogens with zero attached hydrogens (tertiary/aromatic N) is 3. The van der Waals surface area contributed by atoms with Crippen molar-refractivity contribution in [2.24, 2.45) is 0 Å². The molecule has 0 radical (unpaired) electrons. The van der Waals surface area contributed by atoms with E-state index >= 15 is 0 Å². The van der Waals surface area contributed by atoms with Crippen LogP contribution in [-0.4, -0.2) is 40.1 Å². The lowest BCUT2D eigenvalue weighted by Crippen LogP contribution is -2.29. The Balaban J connectivity index is 1.67. The first-order valence-corrected chi connectivity index (χ1v) is 8.31. The molecule has 1 saturated carbocycles. The van der Waals surface area contributed by atoms with E-state index < -0.39 is 0 Å². The molecule has 3 rings (SSSR count). The average molecular weight is 329 g/mol. The van der Waals surface area contributed by atoms with Crippen LogP contribution in [0.2, 0.25) is 0 Å². The number of ether oxygens (including phenoxy) is 2. The molecule has 1 aromatic carbocycles. The van der Waals surface area contributed by atoms with E-state index in [1.54, 1.807) is 23.9 Å². The first kappa shape index (κ1) is 16.6. The van der Waals surface area contributed by atoms with Gasteiger partial charge in [-0.05, 0) is 57.4 Å². The topological polar surface area (TPSA) is 66.2 Å². The molecule has 1 fully saturated rings. The van der Waals surface area contributed by atoms with Crippen LogP contribution in [-0.2, 0) is 9.47 Å². The molecule has 0 aliphatic heterocycles. The Labute approximate surface area is 141 Å². The normalized spacial score (nSPS) is 20.8. The lowest BCUT2D eigenvalue weighted by Gasteiger charge is -2.27. The molecule has 2 aromatic rings. The summed E-state index contributed by atoms with van der Waals surface area (Å²) in [6.07, 6.45) is 3.88. The van der Waals surface area contributed by atoms with Gasteiger partial charge in [0.15, 0.2) is 0 Å². The van der Waals surface area contributed by atoms with Gasteiger partial charge in [-0.25, -0.2) is 14.5 Å². The molecule has 6 nitrogen and oxygen atoms in total. The zero-order chi connectivity index (χ0) is 17.1. The largest absolute Gasteiger partial charge is 0.459 e. The van der Waals surface area contributed by atoms with Crippen molar-refractivity contribution in [3.05, 3.63) is 41.5 Å². The van der Waals surface area contributed by atoms with Crippen molar-refractivity contribution in [1.29, 1.82) is 0 Å². The second kappa shape index (κ2) is 7.13. The van der Waals surface area contributed by atoms with Crippen LogP contribution in [0.5, 0.6) is 0 Å². The number of hydrogen-bond acceptors (Lipinski definition) is 5. The molecule has 1 aliphatic rings. The molecule has 0 spiro atoms. The summed E-state index contributed by atoms with van der Waals surface area (Å²) in [6, 6.07) is 7.25. The number of aryl methyl sites for hydroxylation is 2. The van der Waals surface area contributed by atoms with E-state index in [0.717, 1.165) is 43.0 Å². The van der Waals surface area contributed by atoms with Gasteiger partial charge in [-0.3, -0.25) is 0 Å². The van der Waals surface area contributed by atoms with Gasteiger partial charge in [0.05, 0.1) is 17.4 Å². The molecule has 2 atom stereocenters. The zero-order valence-electron chi connectivity index (χ0n) is 14.4. The van der Waals surface area contributed by atoms with Crippen LogP contribution in [0, 0.1) is 13.8 Å². The van der Waals surface area contributed by atoms with E-state index in [9.17, 15) is 4.79 Å². The fourth-order valence-corrected chi connectivity index (χ4v) is 3.15. The van der Waals surface area contributed by atoms with Crippen molar-refractivity contribution < 1.29 is 14.3 Å². The Hall–Kier alpha value is -2.21. The van der Waals surface area contributed by atoms with Gasteiger partial charge in [-0.2, -0.15) is 5.10 Å². The summed E-state index contributed by atoms with van der Waals surface area (Å²) in [5.74, 6) is 1.26. The minimum absolute atomic E-state index is 0.0592. The molecule has 128 valence electrons. The van der Waals surface area contributed by atoms with Gasteiger partial charge in [0.1, 0.15) is 17.8 Å². The Morgan fingerprint density at radius 1 is 1.17 bits per heavy atom. The number of benzene rings is 1. The van der Waals surface area contributed by atoms with Crippen molar-refractivity contribution in [1.82, 2.24) is 14.8 Å². The average Bonchev–Trinajstić information content (AvgIpc) is 2.93. The van der Waals surface area contributed by atoms with Crippen LogP contribution in [0.15, 0.2) is 24.3 Å². The monoisotopic (exact) mass is 329 g/mol. The zero-order valence-corrected chi connectivity index (χ0v) is 14.4. The lowest BCUT2D eigenvalue weighted by molar-refractivity contribution is -0.0149. The van der Waals surface area contributed by atoms with E-state index in [0.29, 0.717) is 5.56 Å². The smallest absolute Gasteiger partial charge is 0.338 e. The predicted octanol–water partition coefficient (Wildman–Crippen LogP) is 3.00. The number of aromatic nitrogens is 3. The highest BCUT2D eigenvalue weighted by Crippen LogP contribution is 2.24. The number of carbonyl (C=O) groups is 1. The number of esters is 1. The van der Waals surface area contributed by atoms with E-state index in [1.165, 1.54) is 0 Å². The van der Waals surface area contributed by atoms with Crippen LogP contribution in [0.1, 0.15) is 47.7 Å². The molecule has 6 heteroatoms. The summed E-state index contributed by atoms with van der Waals surface area (Å²) in [5, 5.41) is 4.34. The fraction of sp³-hybridized carbons (Fsp3) is 0.500. The fourth-order valence-electron chi connectivity index (χ4n) is 3.15. The van der Waals surface area contributed by atoms with Gasteiger partial charge < -0.3 is 9.47 Å². The van der Waals surface area contributed by atoms with Crippen molar-refractivity contribution in [2.75, 3.05) is 7.11 Å². The first-order chi connectivity index (χ1) is 11.6. The maximum Gasteiger partial charge on any atom is 0.338 e. The lowest BCUT2D eigenvalue weighted by atomic mass is 9.95. The highest BCUT2D eigenvalue weighted by atomic mass is 16.5. The maximum absolute atomic E-state index is 12.3. The summed E-state index contributed by atoms with van der Waals surface area (Å²) in [7, 11) is 1.71. The molecule has 1 aliphatic carbocycles. The summed E-state index contributed by atoms with van der Waals surface area (Å²) in [5.41, 5.74) is 1.43. The summed E-state index contributed by atoms with van der Waals surface area (Å²) in [6.45, 7) is 3.75. The van der Waals surface area contributed by atoms with Crippen LogP contribution < -0.4 is 0 Å². The molecule has 1 aromatic heterocycles. The summed E-state index contributed by atoms with van der Waals surface area (Å²) in [4.78, 5) is 16.6. The van der Waals surface area contributed by atoms with Crippen LogP contribution in [0.4, 0.5) is 0 Å². The van der Waals surface area contributed by atoms with E-state index in [-0.39, 0.29) is 18.2 Å². The van der Waals surface area contributed by atoms with Crippen LogP contribution in [0.3, 0.4) is 0 Å². The maximum atomic E-state index is 12.3. The highest BCUT2D eigenvalue weighted by molar-refractivity contribution is 5.89. The molecule has 0 amide bonds. The molecule has 2 unspecified atom stereocenters. The van der Waals surface area contributed by atoms with Gasteiger partial charge in [-0.15, -0.1) is 0 Å². The SMILES string of the molecule is COC1CCCC(OC(=O)c2ccc(-n3nc(C)nc3C)cc2)C1. The minimum Gasteiger partial charge on any atom is -0.459 e. The van der Waals surface area contributed by atoms with Gasteiger partial charge in [-0.1, -0.05) is 0 Å². The molecule has 0 saturated heterocycles. The molecular weight excluding hydrogens is 306 g/mol. The first-order valence-electron chi connectivity index (χ1n) is 8.31. The number of carbonyl (C=O) groups excluding carboxylic acids is 1. The van der Waals surface area contributed by atoms with E-state index in [4.69, 9.17) is 9.47 Å². The second-order valence-corrected chi connectivity index (χ2v) is 6.22. The molecule has 0 N–H and O–H groups in total. The van der Waals surface area contributed by atoms with E-state index in [2.05, 4.69) is 10.1 Å². The Bertz CT molecular complexity index is 709. The third kappa shape index (κ3) is 3.64. The van der Waals surface area contributed by atoms with Gasteiger partial charge in [0, 0.05) is 13.5 Å². The number of hydrogen-bond donors (Lipinski definition) is 0. The van der Waals surface area contributed by atoms with Crippen molar-refractivity contribution >= 4 is 5.97 Å². The molecule has 24 heavy (non-hydrogen) atoms. The summed E-state index contributed by atoms with van der Waals surface area (Å²) < 4.78 is 12.8. The predicted molar refractivity (Wildman–Crippen MR) is 89.3 cm³/mol. The van der Waals surface area contributed by atoms with Gasteiger partial charge >= 0.3 is 5.97 Å². The minimum atomic E-state index is -0.283.